The first-order chi connectivity index (χ1) is 8.83. The number of benzene rings is 1. The van der Waals surface area contributed by atoms with Crippen molar-refractivity contribution in [1.82, 2.24) is 9.88 Å². The number of aromatic amines is 1. The predicted molar refractivity (Wildman–Crippen MR) is 69.2 cm³/mol. The van der Waals surface area contributed by atoms with Gasteiger partial charge in [0.25, 0.3) is 0 Å². The zero-order chi connectivity index (χ0) is 12.4. The SMILES string of the molecule is Fc1ccc2c(CCN3CCOCC3)c[nH]c2c1. The number of ether oxygens (including phenoxy) is 1. The maximum absolute atomic E-state index is 13.1. The molecule has 0 amide bonds. The molecule has 0 saturated carbocycles. The molecule has 0 spiro atoms. The van der Waals surface area contributed by atoms with Crippen LogP contribution in [0.3, 0.4) is 0 Å². The highest BCUT2D eigenvalue weighted by Crippen LogP contribution is 2.19. The molecule has 1 N–H and O–H groups in total. The van der Waals surface area contributed by atoms with E-state index in [2.05, 4.69) is 9.88 Å². The summed E-state index contributed by atoms with van der Waals surface area (Å²) in [6.07, 6.45) is 2.98. The lowest BCUT2D eigenvalue weighted by Crippen LogP contribution is -2.37. The van der Waals surface area contributed by atoms with E-state index < -0.39 is 0 Å². The average molecular weight is 248 g/mol. The highest BCUT2D eigenvalue weighted by atomic mass is 19.1. The quantitative estimate of drug-likeness (QED) is 0.901. The Labute approximate surface area is 106 Å². The van der Waals surface area contributed by atoms with Crippen LogP contribution in [0.25, 0.3) is 10.9 Å². The fourth-order valence-electron chi connectivity index (χ4n) is 2.47. The molecule has 2 aromatic rings. The van der Waals surface area contributed by atoms with Gasteiger partial charge < -0.3 is 9.72 Å². The Morgan fingerprint density at radius 3 is 2.94 bits per heavy atom. The predicted octanol–water partition coefficient (Wildman–Crippen LogP) is 2.18. The van der Waals surface area contributed by atoms with E-state index in [1.165, 1.54) is 11.6 Å². The van der Waals surface area contributed by atoms with Gasteiger partial charge in [-0.15, -0.1) is 0 Å². The molecule has 1 fully saturated rings. The van der Waals surface area contributed by atoms with Crippen molar-refractivity contribution in [2.45, 2.75) is 6.42 Å². The van der Waals surface area contributed by atoms with Crippen molar-refractivity contribution in [3.05, 3.63) is 35.8 Å². The topological polar surface area (TPSA) is 28.3 Å². The van der Waals surface area contributed by atoms with E-state index in [-0.39, 0.29) is 5.82 Å². The summed E-state index contributed by atoms with van der Waals surface area (Å²) in [7, 11) is 0. The fraction of sp³-hybridized carbons (Fsp3) is 0.429. The highest BCUT2D eigenvalue weighted by Gasteiger charge is 2.11. The summed E-state index contributed by atoms with van der Waals surface area (Å²) in [6, 6.07) is 4.93. The van der Waals surface area contributed by atoms with Gasteiger partial charge in [-0.1, -0.05) is 0 Å². The molecular formula is C14H17FN2O. The van der Waals surface area contributed by atoms with Gasteiger partial charge in [0, 0.05) is 36.7 Å². The minimum atomic E-state index is -0.191. The van der Waals surface area contributed by atoms with Crippen molar-refractivity contribution in [2.24, 2.45) is 0 Å². The van der Waals surface area contributed by atoms with Crippen LogP contribution in [0.5, 0.6) is 0 Å². The molecule has 3 rings (SSSR count). The van der Waals surface area contributed by atoms with Gasteiger partial charge in [-0.25, -0.2) is 4.39 Å². The van der Waals surface area contributed by atoms with Gasteiger partial charge in [-0.2, -0.15) is 0 Å². The minimum absolute atomic E-state index is 0.191. The second-order valence-electron chi connectivity index (χ2n) is 4.71. The van der Waals surface area contributed by atoms with Crippen molar-refractivity contribution in [3.8, 4) is 0 Å². The summed E-state index contributed by atoms with van der Waals surface area (Å²) in [5.41, 5.74) is 2.14. The smallest absolute Gasteiger partial charge is 0.125 e. The molecule has 1 aliphatic heterocycles. The number of aromatic nitrogens is 1. The molecule has 0 bridgehead atoms. The number of nitrogens with zero attached hydrogens (tertiary/aromatic N) is 1. The van der Waals surface area contributed by atoms with Gasteiger partial charge >= 0.3 is 0 Å². The lowest BCUT2D eigenvalue weighted by molar-refractivity contribution is 0.0385. The van der Waals surface area contributed by atoms with Crippen LogP contribution < -0.4 is 0 Å². The van der Waals surface area contributed by atoms with Crippen LogP contribution in [0.4, 0.5) is 4.39 Å². The first kappa shape index (κ1) is 11.7. The van der Waals surface area contributed by atoms with E-state index in [4.69, 9.17) is 4.74 Å². The second-order valence-corrected chi connectivity index (χ2v) is 4.71. The third-order valence-electron chi connectivity index (χ3n) is 3.53. The first-order valence-corrected chi connectivity index (χ1v) is 6.38. The summed E-state index contributed by atoms with van der Waals surface area (Å²) in [5.74, 6) is -0.191. The second kappa shape index (κ2) is 5.08. The van der Waals surface area contributed by atoms with Gasteiger partial charge in [0.2, 0.25) is 0 Å². The van der Waals surface area contributed by atoms with Crippen LogP contribution in [0.15, 0.2) is 24.4 Å². The van der Waals surface area contributed by atoms with Crippen LogP contribution in [-0.2, 0) is 11.2 Å². The Morgan fingerprint density at radius 1 is 1.28 bits per heavy atom. The molecule has 96 valence electrons. The zero-order valence-electron chi connectivity index (χ0n) is 10.3. The summed E-state index contributed by atoms with van der Waals surface area (Å²) >= 11 is 0. The van der Waals surface area contributed by atoms with Crippen molar-refractivity contribution >= 4 is 10.9 Å². The van der Waals surface area contributed by atoms with Gasteiger partial charge in [0.15, 0.2) is 0 Å². The summed E-state index contributed by atoms with van der Waals surface area (Å²) in [5, 5.41) is 1.13. The van der Waals surface area contributed by atoms with Crippen LogP contribution >= 0.6 is 0 Å². The van der Waals surface area contributed by atoms with Gasteiger partial charge in [0.1, 0.15) is 5.82 Å². The summed E-state index contributed by atoms with van der Waals surface area (Å²) in [6.45, 7) is 4.72. The molecule has 0 unspecified atom stereocenters. The Morgan fingerprint density at radius 2 is 2.11 bits per heavy atom. The molecule has 18 heavy (non-hydrogen) atoms. The Hall–Kier alpha value is -1.39. The maximum Gasteiger partial charge on any atom is 0.125 e. The van der Waals surface area contributed by atoms with Crippen LogP contribution in [0, 0.1) is 5.82 Å². The van der Waals surface area contributed by atoms with Crippen LogP contribution in [-0.4, -0.2) is 42.7 Å². The molecular weight excluding hydrogens is 231 g/mol. The third-order valence-corrected chi connectivity index (χ3v) is 3.53. The number of H-pyrrole nitrogens is 1. The Kier molecular flexibility index (Phi) is 3.30. The van der Waals surface area contributed by atoms with E-state index in [9.17, 15) is 4.39 Å². The normalized spacial score (nSPS) is 17.4. The van der Waals surface area contributed by atoms with E-state index >= 15 is 0 Å². The number of hydrogen-bond acceptors (Lipinski definition) is 2. The molecule has 1 aromatic heterocycles. The van der Waals surface area contributed by atoms with E-state index in [1.54, 1.807) is 6.07 Å². The monoisotopic (exact) mass is 248 g/mol. The molecule has 1 aromatic carbocycles. The van der Waals surface area contributed by atoms with Gasteiger partial charge in [0.05, 0.1) is 13.2 Å². The van der Waals surface area contributed by atoms with Crippen molar-refractivity contribution in [1.29, 1.82) is 0 Å². The molecule has 2 heterocycles. The Balaban J connectivity index is 1.70. The first-order valence-electron chi connectivity index (χ1n) is 6.38. The van der Waals surface area contributed by atoms with Crippen molar-refractivity contribution in [2.75, 3.05) is 32.8 Å². The largest absolute Gasteiger partial charge is 0.379 e. The van der Waals surface area contributed by atoms with Crippen molar-refractivity contribution < 1.29 is 9.13 Å². The van der Waals surface area contributed by atoms with Crippen molar-refractivity contribution in [3.63, 3.8) is 0 Å². The van der Waals surface area contributed by atoms with E-state index in [0.29, 0.717) is 0 Å². The molecule has 0 radical (unpaired) electrons. The lowest BCUT2D eigenvalue weighted by atomic mass is 10.1. The summed E-state index contributed by atoms with van der Waals surface area (Å²) in [4.78, 5) is 5.54. The number of morpholine rings is 1. The molecule has 0 aliphatic carbocycles. The van der Waals surface area contributed by atoms with Crippen LogP contribution in [0.2, 0.25) is 0 Å². The number of halogens is 1. The van der Waals surface area contributed by atoms with Crippen LogP contribution in [0.1, 0.15) is 5.56 Å². The summed E-state index contributed by atoms with van der Waals surface area (Å²) < 4.78 is 18.4. The molecule has 3 nitrogen and oxygen atoms in total. The zero-order valence-corrected chi connectivity index (χ0v) is 10.3. The highest BCUT2D eigenvalue weighted by molar-refractivity contribution is 5.83. The minimum Gasteiger partial charge on any atom is -0.379 e. The fourth-order valence-corrected chi connectivity index (χ4v) is 2.47. The molecule has 4 heteroatoms. The molecule has 1 saturated heterocycles. The average Bonchev–Trinajstić information content (AvgIpc) is 2.80. The number of hydrogen-bond donors (Lipinski definition) is 1. The number of nitrogens with one attached hydrogen (secondary N) is 1. The lowest BCUT2D eigenvalue weighted by Gasteiger charge is -2.26. The van der Waals surface area contributed by atoms with E-state index in [1.807, 2.05) is 12.3 Å². The standard InChI is InChI=1S/C14H17FN2O/c15-12-1-2-13-11(10-16-14(13)9-12)3-4-17-5-7-18-8-6-17/h1-2,9-10,16H,3-8H2. The van der Waals surface area contributed by atoms with Gasteiger partial charge in [-0.3, -0.25) is 4.90 Å². The van der Waals surface area contributed by atoms with E-state index in [0.717, 1.165) is 50.2 Å². The third kappa shape index (κ3) is 2.40. The maximum atomic E-state index is 13.1. The molecule has 0 atom stereocenters. The Bertz CT molecular complexity index is 532. The number of fused-ring (bicyclic) bond motifs is 1. The molecule has 1 aliphatic rings. The van der Waals surface area contributed by atoms with Gasteiger partial charge in [-0.05, 0) is 30.2 Å². The number of rotatable bonds is 3.